The molecule has 0 bridgehead atoms. The van der Waals surface area contributed by atoms with Gasteiger partial charge in [0, 0.05) is 6.04 Å². The molecule has 0 aliphatic carbocycles. The second kappa shape index (κ2) is 6.94. The fourth-order valence-electron chi connectivity index (χ4n) is 2.29. The van der Waals surface area contributed by atoms with Gasteiger partial charge >= 0.3 is 0 Å². The van der Waals surface area contributed by atoms with E-state index in [1.54, 1.807) is 0 Å². The van der Waals surface area contributed by atoms with Crippen LogP contribution in [-0.4, -0.2) is 13.1 Å². The molecule has 0 heterocycles. The average Bonchev–Trinajstić information content (AvgIpc) is 2.34. The zero-order valence-electron chi connectivity index (χ0n) is 12.7. The maximum atomic E-state index is 3.41. The standard InChI is InChI=1S/C17H29N/c1-6-7-16(18-5)13-10-14-8-11-15(12-9-14)17(2,3)4/h8-9,11-12,16,18H,6-7,10,13H2,1-5H3. The van der Waals surface area contributed by atoms with Crippen molar-refractivity contribution < 1.29 is 0 Å². The molecule has 1 rings (SSSR count). The molecule has 1 heteroatoms. The summed E-state index contributed by atoms with van der Waals surface area (Å²) in [5.74, 6) is 0. The molecule has 0 amide bonds. The van der Waals surface area contributed by atoms with Gasteiger partial charge in [0.05, 0.1) is 0 Å². The lowest BCUT2D eigenvalue weighted by atomic mass is 9.86. The molecule has 0 spiro atoms. The van der Waals surface area contributed by atoms with E-state index in [0.29, 0.717) is 6.04 Å². The Labute approximate surface area is 113 Å². The molecule has 0 radical (unpaired) electrons. The Morgan fingerprint density at radius 2 is 1.67 bits per heavy atom. The number of benzene rings is 1. The smallest absolute Gasteiger partial charge is 0.00671 e. The molecule has 0 saturated carbocycles. The number of hydrogen-bond donors (Lipinski definition) is 1. The fraction of sp³-hybridized carbons (Fsp3) is 0.647. The first-order valence-corrected chi connectivity index (χ1v) is 7.24. The monoisotopic (exact) mass is 247 g/mol. The van der Waals surface area contributed by atoms with E-state index in [2.05, 4.69) is 64.3 Å². The largest absolute Gasteiger partial charge is 0.317 e. The number of nitrogens with one attached hydrogen (secondary N) is 1. The zero-order chi connectivity index (χ0) is 13.6. The van der Waals surface area contributed by atoms with Gasteiger partial charge in [-0.2, -0.15) is 0 Å². The van der Waals surface area contributed by atoms with Crippen LogP contribution in [0.1, 0.15) is 58.1 Å². The summed E-state index contributed by atoms with van der Waals surface area (Å²) in [6.45, 7) is 9.04. The molecule has 0 aliphatic heterocycles. The van der Waals surface area contributed by atoms with Crippen molar-refractivity contribution in [2.75, 3.05) is 7.05 Å². The Hall–Kier alpha value is -0.820. The third-order valence-corrected chi connectivity index (χ3v) is 3.65. The van der Waals surface area contributed by atoms with E-state index in [1.165, 1.54) is 36.8 Å². The molecule has 0 aromatic heterocycles. The number of rotatable bonds is 6. The SMILES string of the molecule is CCCC(CCc1ccc(C(C)(C)C)cc1)NC. The van der Waals surface area contributed by atoms with Crippen LogP contribution in [0.5, 0.6) is 0 Å². The Bertz CT molecular complexity index is 332. The van der Waals surface area contributed by atoms with Crippen LogP contribution in [0.25, 0.3) is 0 Å². The predicted octanol–water partition coefficient (Wildman–Crippen LogP) is 4.30. The van der Waals surface area contributed by atoms with Crippen LogP contribution in [0.3, 0.4) is 0 Å². The summed E-state index contributed by atoms with van der Waals surface area (Å²) in [4.78, 5) is 0. The van der Waals surface area contributed by atoms with Gasteiger partial charge < -0.3 is 5.32 Å². The van der Waals surface area contributed by atoms with Crippen molar-refractivity contribution in [3.63, 3.8) is 0 Å². The first kappa shape index (κ1) is 15.2. The summed E-state index contributed by atoms with van der Waals surface area (Å²) >= 11 is 0. The predicted molar refractivity (Wildman–Crippen MR) is 81.2 cm³/mol. The number of hydrogen-bond acceptors (Lipinski definition) is 1. The molecule has 0 fully saturated rings. The van der Waals surface area contributed by atoms with Gasteiger partial charge in [-0.25, -0.2) is 0 Å². The van der Waals surface area contributed by atoms with Crippen molar-refractivity contribution in [1.82, 2.24) is 5.32 Å². The van der Waals surface area contributed by atoms with Crippen molar-refractivity contribution in [1.29, 1.82) is 0 Å². The molecule has 0 saturated heterocycles. The van der Waals surface area contributed by atoms with Crippen LogP contribution in [0.15, 0.2) is 24.3 Å². The van der Waals surface area contributed by atoms with Crippen molar-refractivity contribution >= 4 is 0 Å². The maximum Gasteiger partial charge on any atom is 0.00671 e. The van der Waals surface area contributed by atoms with Gasteiger partial charge in [-0.1, -0.05) is 58.4 Å². The highest BCUT2D eigenvalue weighted by atomic mass is 14.9. The minimum atomic E-state index is 0.258. The first-order chi connectivity index (χ1) is 8.47. The lowest BCUT2D eigenvalue weighted by Gasteiger charge is -2.19. The fourth-order valence-corrected chi connectivity index (χ4v) is 2.29. The zero-order valence-corrected chi connectivity index (χ0v) is 12.7. The Morgan fingerprint density at radius 1 is 1.06 bits per heavy atom. The van der Waals surface area contributed by atoms with Crippen LogP contribution < -0.4 is 5.32 Å². The molecule has 1 N–H and O–H groups in total. The van der Waals surface area contributed by atoms with Gasteiger partial charge in [0.15, 0.2) is 0 Å². The molecule has 1 aromatic rings. The summed E-state index contributed by atoms with van der Waals surface area (Å²) in [6, 6.07) is 9.81. The van der Waals surface area contributed by atoms with Gasteiger partial charge in [-0.15, -0.1) is 0 Å². The summed E-state index contributed by atoms with van der Waals surface area (Å²) in [6.07, 6.45) is 4.94. The van der Waals surface area contributed by atoms with Crippen LogP contribution in [0.2, 0.25) is 0 Å². The highest BCUT2D eigenvalue weighted by Gasteiger charge is 2.13. The highest BCUT2D eigenvalue weighted by molar-refractivity contribution is 5.27. The van der Waals surface area contributed by atoms with Crippen molar-refractivity contribution in [2.45, 2.75) is 64.8 Å². The summed E-state index contributed by atoms with van der Waals surface area (Å²) < 4.78 is 0. The Morgan fingerprint density at radius 3 is 2.11 bits per heavy atom. The highest BCUT2D eigenvalue weighted by Crippen LogP contribution is 2.22. The summed E-state index contributed by atoms with van der Waals surface area (Å²) in [5, 5.41) is 3.41. The normalized spacial score (nSPS) is 13.6. The Kier molecular flexibility index (Phi) is 5.87. The van der Waals surface area contributed by atoms with Crippen molar-refractivity contribution in [3.05, 3.63) is 35.4 Å². The molecule has 1 aromatic carbocycles. The minimum Gasteiger partial charge on any atom is -0.317 e. The quantitative estimate of drug-likeness (QED) is 0.790. The van der Waals surface area contributed by atoms with Crippen molar-refractivity contribution in [2.24, 2.45) is 0 Å². The van der Waals surface area contributed by atoms with E-state index >= 15 is 0 Å². The van der Waals surface area contributed by atoms with Crippen LogP contribution >= 0.6 is 0 Å². The molecule has 1 atom stereocenters. The minimum absolute atomic E-state index is 0.258. The maximum absolute atomic E-state index is 3.41. The average molecular weight is 247 g/mol. The molecule has 1 unspecified atom stereocenters. The van der Waals surface area contributed by atoms with Crippen LogP contribution in [0, 0.1) is 0 Å². The van der Waals surface area contributed by atoms with Crippen LogP contribution in [0.4, 0.5) is 0 Å². The third kappa shape index (κ3) is 4.81. The van der Waals surface area contributed by atoms with Gasteiger partial charge in [0.2, 0.25) is 0 Å². The molecular weight excluding hydrogens is 218 g/mol. The molecule has 102 valence electrons. The van der Waals surface area contributed by atoms with Crippen molar-refractivity contribution in [3.8, 4) is 0 Å². The first-order valence-electron chi connectivity index (χ1n) is 7.24. The van der Waals surface area contributed by atoms with E-state index < -0.39 is 0 Å². The summed E-state index contributed by atoms with van der Waals surface area (Å²) in [5.41, 5.74) is 3.14. The third-order valence-electron chi connectivity index (χ3n) is 3.65. The second-order valence-electron chi connectivity index (χ2n) is 6.26. The van der Waals surface area contributed by atoms with Gasteiger partial charge in [-0.05, 0) is 42.9 Å². The van der Waals surface area contributed by atoms with Gasteiger partial charge in [0.1, 0.15) is 0 Å². The second-order valence-corrected chi connectivity index (χ2v) is 6.26. The molecule has 1 nitrogen and oxygen atoms in total. The van der Waals surface area contributed by atoms with E-state index in [9.17, 15) is 0 Å². The molecule has 18 heavy (non-hydrogen) atoms. The van der Waals surface area contributed by atoms with E-state index in [0.717, 1.165) is 0 Å². The van der Waals surface area contributed by atoms with E-state index in [-0.39, 0.29) is 5.41 Å². The molecular formula is C17H29N. The van der Waals surface area contributed by atoms with Gasteiger partial charge in [-0.3, -0.25) is 0 Å². The summed E-state index contributed by atoms with van der Waals surface area (Å²) in [7, 11) is 2.07. The lowest BCUT2D eigenvalue weighted by molar-refractivity contribution is 0.484. The topological polar surface area (TPSA) is 12.0 Å². The molecule has 0 aliphatic rings. The Balaban J connectivity index is 2.53. The lowest BCUT2D eigenvalue weighted by Crippen LogP contribution is -2.25. The number of aryl methyl sites for hydroxylation is 1. The van der Waals surface area contributed by atoms with E-state index in [1.807, 2.05) is 0 Å². The van der Waals surface area contributed by atoms with Gasteiger partial charge in [0.25, 0.3) is 0 Å². The van der Waals surface area contributed by atoms with Crippen LogP contribution in [-0.2, 0) is 11.8 Å². The van der Waals surface area contributed by atoms with E-state index in [4.69, 9.17) is 0 Å².